The van der Waals surface area contributed by atoms with Gasteiger partial charge >= 0.3 is 5.97 Å². The highest BCUT2D eigenvalue weighted by atomic mass is 16.5. The zero-order valence-corrected chi connectivity index (χ0v) is 9.23. The van der Waals surface area contributed by atoms with Gasteiger partial charge in [-0.2, -0.15) is 5.26 Å². The zero-order chi connectivity index (χ0) is 12.4. The number of ether oxygens (including phenoxy) is 1. The van der Waals surface area contributed by atoms with E-state index in [0.29, 0.717) is 25.7 Å². The standard InChI is InChI=1S/C10H16N2O4/c1-16-10(15)8(12-9(14)7-13)5-3-2-4-6-11/h8,13H,2-5,7H2,1H3,(H,12,14)/t8-/m1/s1. The van der Waals surface area contributed by atoms with Crippen molar-refractivity contribution in [3.8, 4) is 6.07 Å². The maximum absolute atomic E-state index is 11.2. The highest BCUT2D eigenvalue weighted by Gasteiger charge is 2.20. The first-order valence-corrected chi connectivity index (χ1v) is 5.00. The van der Waals surface area contributed by atoms with Gasteiger partial charge in [-0.3, -0.25) is 4.79 Å². The molecule has 0 fully saturated rings. The van der Waals surface area contributed by atoms with Crippen LogP contribution < -0.4 is 5.32 Å². The van der Waals surface area contributed by atoms with Gasteiger partial charge in [0.05, 0.1) is 13.2 Å². The number of aliphatic hydroxyl groups is 1. The molecular weight excluding hydrogens is 212 g/mol. The lowest BCUT2D eigenvalue weighted by molar-refractivity contribution is -0.145. The number of methoxy groups -OCH3 is 1. The van der Waals surface area contributed by atoms with Crippen molar-refractivity contribution in [2.24, 2.45) is 0 Å². The second kappa shape index (κ2) is 8.68. The molecule has 6 heteroatoms. The third-order valence-corrected chi connectivity index (χ3v) is 2.00. The molecule has 16 heavy (non-hydrogen) atoms. The Hall–Kier alpha value is -1.61. The molecule has 1 atom stereocenters. The van der Waals surface area contributed by atoms with Gasteiger partial charge in [0.1, 0.15) is 12.6 Å². The average molecular weight is 228 g/mol. The number of carbonyl (C=O) groups excluding carboxylic acids is 2. The van der Waals surface area contributed by atoms with Gasteiger partial charge in [0.15, 0.2) is 0 Å². The van der Waals surface area contributed by atoms with E-state index in [9.17, 15) is 9.59 Å². The quantitative estimate of drug-likeness (QED) is 0.461. The van der Waals surface area contributed by atoms with Crippen molar-refractivity contribution in [1.29, 1.82) is 5.26 Å². The summed E-state index contributed by atoms with van der Waals surface area (Å²) in [5, 5.41) is 19.2. The van der Waals surface area contributed by atoms with E-state index in [0.717, 1.165) is 0 Å². The van der Waals surface area contributed by atoms with Crippen LogP contribution in [0.3, 0.4) is 0 Å². The van der Waals surface area contributed by atoms with Gasteiger partial charge in [-0.05, 0) is 19.3 Å². The molecule has 0 aliphatic heterocycles. The maximum Gasteiger partial charge on any atom is 0.328 e. The molecule has 0 rings (SSSR count). The van der Waals surface area contributed by atoms with Crippen molar-refractivity contribution < 1.29 is 19.4 Å². The summed E-state index contributed by atoms with van der Waals surface area (Å²) in [6, 6.07) is 1.25. The van der Waals surface area contributed by atoms with Crippen molar-refractivity contribution >= 4 is 11.9 Å². The number of hydrogen-bond acceptors (Lipinski definition) is 5. The highest BCUT2D eigenvalue weighted by Crippen LogP contribution is 2.04. The van der Waals surface area contributed by atoms with E-state index in [2.05, 4.69) is 10.1 Å². The number of nitriles is 1. The van der Waals surface area contributed by atoms with Gasteiger partial charge in [-0.15, -0.1) is 0 Å². The molecule has 1 amide bonds. The largest absolute Gasteiger partial charge is 0.467 e. The normalized spacial score (nSPS) is 11.3. The first-order chi connectivity index (χ1) is 7.65. The predicted molar refractivity (Wildman–Crippen MR) is 55.1 cm³/mol. The van der Waals surface area contributed by atoms with Gasteiger partial charge in [0, 0.05) is 6.42 Å². The van der Waals surface area contributed by atoms with Gasteiger partial charge in [0.25, 0.3) is 0 Å². The summed E-state index contributed by atoms with van der Waals surface area (Å²) in [6.45, 7) is -0.661. The van der Waals surface area contributed by atoms with Gasteiger partial charge in [-0.1, -0.05) is 0 Å². The molecular formula is C10H16N2O4. The van der Waals surface area contributed by atoms with Crippen molar-refractivity contribution in [2.45, 2.75) is 31.7 Å². The van der Waals surface area contributed by atoms with Crippen molar-refractivity contribution in [2.75, 3.05) is 13.7 Å². The lowest BCUT2D eigenvalue weighted by Crippen LogP contribution is -2.42. The summed E-state index contributed by atoms with van der Waals surface area (Å²) in [5.41, 5.74) is 0. The molecule has 0 aliphatic rings. The SMILES string of the molecule is COC(=O)[C@@H](CCCCC#N)NC(=O)CO. The summed E-state index contributed by atoms with van der Waals surface area (Å²) in [5.74, 6) is -1.16. The molecule has 0 aliphatic carbocycles. The number of nitrogens with zero attached hydrogens (tertiary/aromatic N) is 1. The Morgan fingerprint density at radius 1 is 1.50 bits per heavy atom. The minimum atomic E-state index is -0.747. The number of carbonyl (C=O) groups is 2. The molecule has 0 radical (unpaired) electrons. The van der Waals surface area contributed by atoms with Crippen molar-refractivity contribution in [3.63, 3.8) is 0 Å². The number of nitrogens with one attached hydrogen (secondary N) is 1. The molecule has 90 valence electrons. The molecule has 0 bridgehead atoms. The fraction of sp³-hybridized carbons (Fsp3) is 0.700. The molecule has 0 unspecified atom stereocenters. The number of unbranched alkanes of at least 4 members (excludes halogenated alkanes) is 2. The molecule has 0 aromatic heterocycles. The first kappa shape index (κ1) is 14.4. The second-order valence-electron chi connectivity index (χ2n) is 3.21. The number of rotatable bonds is 7. The average Bonchev–Trinajstić information content (AvgIpc) is 2.31. The van der Waals surface area contributed by atoms with Crippen LogP contribution in [0, 0.1) is 11.3 Å². The summed E-state index contributed by atoms with van der Waals surface area (Å²) in [6.07, 6.45) is 2.12. The minimum Gasteiger partial charge on any atom is -0.467 e. The fourth-order valence-corrected chi connectivity index (χ4v) is 1.18. The first-order valence-electron chi connectivity index (χ1n) is 5.00. The molecule has 0 aromatic carbocycles. The lowest BCUT2D eigenvalue weighted by Gasteiger charge is -2.15. The van der Waals surface area contributed by atoms with Crippen LogP contribution in [0.1, 0.15) is 25.7 Å². The van der Waals surface area contributed by atoms with E-state index in [4.69, 9.17) is 10.4 Å². The molecule has 0 spiro atoms. The van der Waals surface area contributed by atoms with E-state index >= 15 is 0 Å². The van der Waals surface area contributed by atoms with E-state index < -0.39 is 24.5 Å². The van der Waals surface area contributed by atoms with Crippen molar-refractivity contribution in [3.05, 3.63) is 0 Å². The van der Waals surface area contributed by atoms with Crippen LogP contribution in [-0.4, -0.2) is 36.7 Å². The van der Waals surface area contributed by atoms with Crippen LogP contribution in [0.4, 0.5) is 0 Å². The summed E-state index contributed by atoms with van der Waals surface area (Å²) in [7, 11) is 1.23. The van der Waals surface area contributed by atoms with Crippen molar-refractivity contribution in [1.82, 2.24) is 5.32 Å². The third-order valence-electron chi connectivity index (χ3n) is 2.00. The topological polar surface area (TPSA) is 99.4 Å². The predicted octanol–water partition coefficient (Wildman–Crippen LogP) is -0.280. The zero-order valence-electron chi connectivity index (χ0n) is 9.23. The molecule has 2 N–H and O–H groups in total. The van der Waals surface area contributed by atoms with E-state index in [1.807, 2.05) is 6.07 Å². The van der Waals surface area contributed by atoms with E-state index in [1.54, 1.807) is 0 Å². The minimum absolute atomic E-state index is 0.403. The van der Waals surface area contributed by atoms with Gasteiger partial charge in [-0.25, -0.2) is 4.79 Å². The smallest absolute Gasteiger partial charge is 0.328 e. The Morgan fingerprint density at radius 2 is 2.19 bits per heavy atom. The lowest BCUT2D eigenvalue weighted by atomic mass is 10.1. The molecule has 0 aromatic rings. The van der Waals surface area contributed by atoms with Crippen LogP contribution in [0.15, 0.2) is 0 Å². The third kappa shape index (κ3) is 5.98. The van der Waals surface area contributed by atoms with Crippen LogP contribution in [-0.2, 0) is 14.3 Å². The number of aliphatic hydroxyl groups excluding tert-OH is 1. The van der Waals surface area contributed by atoms with Gasteiger partial charge in [0.2, 0.25) is 5.91 Å². The monoisotopic (exact) mass is 228 g/mol. The van der Waals surface area contributed by atoms with Crippen LogP contribution in [0.5, 0.6) is 0 Å². The van der Waals surface area contributed by atoms with Gasteiger partial charge < -0.3 is 15.2 Å². The van der Waals surface area contributed by atoms with Crippen LogP contribution >= 0.6 is 0 Å². The Bertz CT molecular complexity index is 272. The Balaban J connectivity index is 4.06. The van der Waals surface area contributed by atoms with E-state index in [1.165, 1.54) is 7.11 Å². The Morgan fingerprint density at radius 3 is 2.69 bits per heavy atom. The molecule has 0 saturated heterocycles. The van der Waals surface area contributed by atoms with Crippen LogP contribution in [0.25, 0.3) is 0 Å². The molecule has 6 nitrogen and oxygen atoms in total. The number of hydrogen-bond donors (Lipinski definition) is 2. The fourth-order valence-electron chi connectivity index (χ4n) is 1.18. The number of amides is 1. The van der Waals surface area contributed by atoms with Crippen LogP contribution in [0.2, 0.25) is 0 Å². The Kier molecular flexibility index (Phi) is 7.81. The highest BCUT2D eigenvalue weighted by molar-refractivity contribution is 5.84. The second-order valence-corrected chi connectivity index (χ2v) is 3.21. The Labute approximate surface area is 94.2 Å². The maximum atomic E-state index is 11.2. The number of esters is 1. The van der Waals surface area contributed by atoms with E-state index in [-0.39, 0.29) is 0 Å². The molecule has 0 saturated carbocycles. The molecule has 0 heterocycles. The summed E-state index contributed by atoms with van der Waals surface area (Å²) >= 11 is 0. The summed E-state index contributed by atoms with van der Waals surface area (Å²) < 4.78 is 4.51. The summed E-state index contributed by atoms with van der Waals surface area (Å²) in [4.78, 5) is 22.2.